The molecule has 0 aliphatic carbocycles. The number of halogens is 1. The lowest BCUT2D eigenvalue weighted by atomic mass is 10.1. The van der Waals surface area contributed by atoms with Crippen LogP contribution in [-0.2, 0) is 0 Å². The van der Waals surface area contributed by atoms with Crippen LogP contribution >= 0.6 is 0 Å². The molecule has 0 aliphatic heterocycles. The van der Waals surface area contributed by atoms with Crippen molar-refractivity contribution >= 4 is 47.2 Å². The number of benzene rings is 6. The Labute approximate surface area is 440 Å². The van der Waals surface area contributed by atoms with Gasteiger partial charge in [0.25, 0.3) is 0 Å². The molecule has 6 aromatic rings. The number of hydrogen-bond donors (Lipinski definition) is 2. The Bertz CT molecular complexity index is 3120. The number of allylic oxidation sites excluding steroid dienone is 2. The van der Waals surface area contributed by atoms with Crippen LogP contribution in [0.2, 0.25) is 0 Å². The summed E-state index contributed by atoms with van der Waals surface area (Å²) in [5.74, 6) is 3.21. The fraction of sp³-hybridized carbons (Fsp3) is 0.207. The number of methoxy groups -OCH3 is 11. The van der Waals surface area contributed by atoms with Gasteiger partial charge in [-0.15, -0.1) is 0 Å². The first-order chi connectivity index (χ1) is 36.9. The van der Waals surface area contributed by atoms with Crippen LogP contribution < -0.4 is 72.2 Å². The molecule has 0 aliphatic rings. The lowest BCUT2D eigenvalue weighted by molar-refractivity contribution is 0.103. The number of anilines is 2. The normalized spacial score (nSPS) is 11.1. The molecule has 0 bridgehead atoms. The van der Waals surface area contributed by atoms with Crippen molar-refractivity contribution in [3.8, 4) is 74.7 Å². The Morgan fingerprint density at radius 2 is 0.776 bits per heavy atom. The smallest absolute Gasteiger partial charge is 0.231 e. The van der Waals surface area contributed by atoms with E-state index >= 15 is 0 Å². The Kier molecular flexibility index (Phi) is 19.9. The molecule has 76 heavy (non-hydrogen) atoms. The van der Waals surface area contributed by atoms with E-state index in [0.29, 0.717) is 91.1 Å². The quantitative estimate of drug-likeness (QED) is 0.0215. The minimum absolute atomic E-state index is 0.0261. The maximum Gasteiger partial charge on any atom is 0.231 e. The highest BCUT2D eigenvalue weighted by molar-refractivity contribution is 6.05. The molecule has 0 saturated carbocycles. The van der Waals surface area contributed by atoms with E-state index in [4.69, 9.17) is 61.6 Å². The SMILES string of the molecule is COc1ccc(C(=O)/C=C\Nc2c(/C=C\c3cc(OC)c(OC)c(OCOc4cc(C(=O)/C=C\Nc5c(/C=C\c6cc(OC)c(OC)c(OC)c6)ccc(OC)c5OC)ccc4OC)c3)ccc(OC)c2OC)cc1F. The van der Waals surface area contributed by atoms with Crippen molar-refractivity contribution in [2.45, 2.75) is 0 Å². The van der Waals surface area contributed by atoms with Gasteiger partial charge in [-0.3, -0.25) is 9.59 Å². The average Bonchev–Trinajstić information content (AvgIpc) is 3.45. The second-order valence-corrected chi connectivity index (χ2v) is 15.7. The first-order valence-corrected chi connectivity index (χ1v) is 23.1. The highest BCUT2D eigenvalue weighted by Crippen LogP contribution is 2.43. The fourth-order valence-electron chi connectivity index (χ4n) is 7.70. The monoisotopic (exact) mass is 1040 g/mol. The predicted octanol–water partition coefficient (Wildman–Crippen LogP) is 11.3. The molecule has 0 saturated heterocycles. The summed E-state index contributed by atoms with van der Waals surface area (Å²) in [6.07, 6.45) is 12.9. The van der Waals surface area contributed by atoms with Crippen LogP contribution in [0.3, 0.4) is 0 Å². The number of ether oxygens (including phenoxy) is 13. The minimum Gasteiger partial charge on any atom is -0.494 e. The van der Waals surface area contributed by atoms with Crippen LogP contribution in [0.4, 0.5) is 15.8 Å². The summed E-state index contributed by atoms with van der Waals surface area (Å²) >= 11 is 0. The maximum atomic E-state index is 14.3. The molecule has 17 nitrogen and oxygen atoms in total. The van der Waals surface area contributed by atoms with E-state index in [9.17, 15) is 14.0 Å². The fourth-order valence-corrected chi connectivity index (χ4v) is 7.70. The summed E-state index contributed by atoms with van der Waals surface area (Å²) in [7, 11) is 16.5. The van der Waals surface area contributed by atoms with Crippen molar-refractivity contribution in [3.05, 3.63) is 149 Å². The number of carbonyl (C=O) groups is 2. The molecule has 0 aromatic heterocycles. The van der Waals surface area contributed by atoms with E-state index in [1.165, 1.54) is 101 Å². The van der Waals surface area contributed by atoms with E-state index < -0.39 is 11.6 Å². The van der Waals surface area contributed by atoms with Crippen LogP contribution in [0, 0.1) is 5.82 Å². The number of hydrogen-bond acceptors (Lipinski definition) is 17. The topological polar surface area (TPSA) is 178 Å². The van der Waals surface area contributed by atoms with Crippen molar-refractivity contribution in [3.63, 3.8) is 0 Å². The van der Waals surface area contributed by atoms with Gasteiger partial charge in [0.15, 0.2) is 80.6 Å². The Hall–Kier alpha value is -9.45. The van der Waals surface area contributed by atoms with Gasteiger partial charge in [-0.2, -0.15) is 0 Å². The predicted molar refractivity (Wildman–Crippen MR) is 289 cm³/mol. The van der Waals surface area contributed by atoms with Crippen molar-refractivity contribution in [2.24, 2.45) is 0 Å². The molecular weight excluding hydrogens is 984 g/mol. The van der Waals surface area contributed by atoms with Crippen molar-refractivity contribution in [2.75, 3.05) is 95.6 Å². The third-order valence-corrected chi connectivity index (χ3v) is 11.5. The summed E-state index contributed by atoms with van der Waals surface area (Å²) in [4.78, 5) is 26.6. The lowest BCUT2D eigenvalue weighted by Crippen LogP contribution is -2.09. The molecular formula is C58H59FN2O15. The largest absolute Gasteiger partial charge is 0.494 e. The molecule has 0 heterocycles. The van der Waals surface area contributed by atoms with Crippen LogP contribution in [0.5, 0.6) is 74.7 Å². The molecule has 0 amide bonds. The van der Waals surface area contributed by atoms with Gasteiger partial charge in [0, 0.05) is 46.8 Å². The van der Waals surface area contributed by atoms with E-state index in [-0.39, 0.29) is 35.4 Å². The van der Waals surface area contributed by atoms with E-state index in [1.54, 1.807) is 74.9 Å². The first-order valence-electron chi connectivity index (χ1n) is 23.1. The molecule has 6 rings (SSSR count). The summed E-state index contributed by atoms with van der Waals surface area (Å²) in [5.41, 5.74) is 4.19. The first kappa shape index (κ1) is 55.9. The van der Waals surface area contributed by atoms with E-state index in [2.05, 4.69) is 10.6 Å². The van der Waals surface area contributed by atoms with Gasteiger partial charge in [0.05, 0.1) is 89.6 Å². The number of rotatable bonds is 27. The lowest BCUT2D eigenvalue weighted by Gasteiger charge is -2.17. The van der Waals surface area contributed by atoms with Crippen molar-refractivity contribution in [1.82, 2.24) is 0 Å². The Morgan fingerprint density at radius 1 is 0.395 bits per heavy atom. The van der Waals surface area contributed by atoms with Crippen LogP contribution in [0.1, 0.15) is 43.0 Å². The molecule has 18 heteroatoms. The zero-order valence-corrected chi connectivity index (χ0v) is 43.9. The van der Waals surface area contributed by atoms with Gasteiger partial charge < -0.3 is 72.2 Å². The summed E-state index contributed by atoms with van der Waals surface area (Å²) in [5, 5.41) is 6.32. The second-order valence-electron chi connectivity index (χ2n) is 15.7. The summed E-state index contributed by atoms with van der Waals surface area (Å²) < 4.78 is 87.6. The second kappa shape index (κ2) is 27.0. The van der Waals surface area contributed by atoms with E-state index in [0.717, 1.165) is 11.6 Å². The average molecular weight is 1040 g/mol. The van der Waals surface area contributed by atoms with Crippen LogP contribution in [-0.4, -0.2) is 96.6 Å². The number of carbonyl (C=O) groups excluding carboxylic acids is 2. The highest BCUT2D eigenvalue weighted by Gasteiger charge is 2.19. The molecule has 398 valence electrons. The summed E-state index contributed by atoms with van der Waals surface area (Å²) in [6.45, 7) is -0.335. The Balaban J connectivity index is 1.19. The number of nitrogens with one attached hydrogen (secondary N) is 2. The van der Waals surface area contributed by atoms with Gasteiger partial charge >= 0.3 is 0 Å². The van der Waals surface area contributed by atoms with Crippen LogP contribution in [0.25, 0.3) is 24.3 Å². The summed E-state index contributed by atoms with van der Waals surface area (Å²) in [6, 6.07) is 23.0. The molecule has 0 unspecified atom stereocenters. The van der Waals surface area contributed by atoms with Crippen molar-refractivity contribution in [1.29, 1.82) is 0 Å². The number of ketones is 2. The minimum atomic E-state index is -0.658. The third kappa shape index (κ3) is 13.2. The Morgan fingerprint density at radius 3 is 1.20 bits per heavy atom. The van der Waals surface area contributed by atoms with Gasteiger partial charge in [-0.05, 0) is 96.1 Å². The molecule has 0 fully saturated rings. The van der Waals surface area contributed by atoms with E-state index in [1.807, 2.05) is 30.4 Å². The van der Waals surface area contributed by atoms with Crippen molar-refractivity contribution < 1.29 is 75.6 Å². The molecule has 6 aromatic carbocycles. The third-order valence-electron chi connectivity index (χ3n) is 11.5. The molecule has 0 atom stereocenters. The van der Waals surface area contributed by atoms with Gasteiger partial charge in [0.2, 0.25) is 18.3 Å². The van der Waals surface area contributed by atoms with Crippen LogP contribution in [0.15, 0.2) is 109 Å². The molecule has 0 spiro atoms. The maximum absolute atomic E-state index is 14.3. The molecule has 2 N–H and O–H groups in total. The molecule has 0 radical (unpaired) electrons. The van der Waals surface area contributed by atoms with Gasteiger partial charge in [-0.1, -0.05) is 24.3 Å². The zero-order chi connectivity index (χ0) is 54.7. The van der Waals surface area contributed by atoms with Gasteiger partial charge in [-0.25, -0.2) is 4.39 Å². The highest BCUT2D eigenvalue weighted by atomic mass is 19.1. The zero-order valence-electron chi connectivity index (χ0n) is 43.9. The standard InChI is InChI=1S/C58H59FN2O15/c1-64-44-20-18-39(32-41(44)59)42(62)24-26-60-54-38(17-23-47(67-4)58(54)74-11)15-13-36-30-51(70-7)56(72-9)52(31-36)76-34-75-48-33-40(19-21-45(48)65-2)43(63)25-27-61-53-37(16-22-46(66-3)57(53)73-10)14-12-35-28-49(68-5)55(71-8)50(29-35)69-6/h12-33,60-61H,34H2,1-11H3/b14-12-,15-13-,26-24-,27-25-. The van der Waals surface area contributed by atoms with Gasteiger partial charge in [0.1, 0.15) is 0 Å².